The number of amides is 2. The monoisotopic (exact) mass is 537 g/mol. The number of nitrogens with zero attached hydrogens (tertiary/aromatic N) is 4. The lowest BCUT2D eigenvalue weighted by Crippen LogP contribution is -2.38. The first-order chi connectivity index (χ1) is 19.1. The summed E-state index contributed by atoms with van der Waals surface area (Å²) in [6.45, 7) is 2.48. The molecule has 0 fully saturated rings. The van der Waals surface area contributed by atoms with Gasteiger partial charge in [0.25, 0.3) is 0 Å². The third-order valence-corrected chi connectivity index (χ3v) is 7.37. The summed E-state index contributed by atoms with van der Waals surface area (Å²) < 4.78 is 15.0. The smallest absolute Gasteiger partial charge is 0.322 e. The van der Waals surface area contributed by atoms with Crippen LogP contribution >= 0.6 is 11.6 Å². The van der Waals surface area contributed by atoms with E-state index in [-0.39, 0.29) is 12.8 Å². The molecule has 9 heteroatoms. The van der Waals surface area contributed by atoms with Crippen LogP contribution in [0.3, 0.4) is 0 Å². The molecule has 0 aliphatic carbocycles. The third kappa shape index (κ3) is 4.00. The Bertz CT molecular complexity index is 1710. The van der Waals surface area contributed by atoms with Crippen LogP contribution in [0.25, 0.3) is 11.5 Å². The van der Waals surface area contributed by atoms with Crippen molar-refractivity contribution in [1.29, 1.82) is 0 Å². The summed E-state index contributed by atoms with van der Waals surface area (Å²) >= 11 is 6.45. The summed E-state index contributed by atoms with van der Waals surface area (Å²) in [4.78, 5) is 15.9. The molecule has 2 aliphatic rings. The van der Waals surface area contributed by atoms with Crippen LogP contribution in [0.15, 0.2) is 91.1 Å². The molecule has 0 radical (unpaired) electrons. The van der Waals surface area contributed by atoms with E-state index in [4.69, 9.17) is 26.2 Å². The first-order valence-electron chi connectivity index (χ1n) is 12.6. The molecular weight excluding hydrogens is 514 g/mol. The van der Waals surface area contributed by atoms with Crippen molar-refractivity contribution in [2.75, 3.05) is 12.1 Å². The van der Waals surface area contributed by atoms with E-state index in [9.17, 15) is 4.79 Å². The lowest BCUT2D eigenvalue weighted by molar-refractivity contribution is 0.174. The predicted molar refractivity (Wildman–Crippen MR) is 148 cm³/mol. The SMILES string of the molecule is Cc1nn(-c2ccccc2)c2c1CN(C(=O)Nc1ccc3c(c1)OCO3)[C@H](c1cccc(Cl)c1)c1cccn1-2. The summed E-state index contributed by atoms with van der Waals surface area (Å²) in [6, 6.07) is 26.4. The minimum atomic E-state index is -0.413. The zero-order chi connectivity index (χ0) is 26.5. The van der Waals surface area contributed by atoms with Gasteiger partial charge in [-0.2, -0.15) is 5.10 Å². The maximum atomic E-state index is 14.1. The van der Waals surface area contributed by atoms with E-state index in [1.54, 1.807) is 12.1 Å². The summed E-state index contributed by atoms with van der Waals surface area (Å²) in [6.07, 6.45) is 2.02. The van der Waals surface area contributed by atoms with Crippen molar-refractivity contribution < 1.29 is 14.3 Å². The average Bonchev–Trinajstić information content (AvgIpc) is 3.66. The number of halogens is 1. The minimum Gasteiger partial charge on any atom is -0.454 e. The van der Waals surface area contributed by atoms with Crippen LogP contribution in [0.5, 0.6) is 11.5 Å². The Hall–Kier alpha value is -4.69. The van der Waals surface area contributed by atoms with Crippen LogP contribution in [-0.2, 0) is 6.54 Å². The average molecular weight is 538 g/mol. The number of aryl methyl sites for hydroxylation is 1. The van der Waals surface area contributed by atoms with Crippen LogP contribution in [0.2, 0.25) is 5.02 Å². The van der Waals surface area contributed by atoms with Gasteiger partial charge in [0.05, 0.1) is 29.7 Å². The van der Waals surface area contributed by atoms with Gasteiger partial charge in [0.2, 0.25) is 6.79 Å². The standard InChI is InChI=1S/C30H24ClN5O3/c1-19-24-17-35(30(37)32-22-12-13-26-27(16-22)39-18-38-26)28(20-7-5-8-21(31)15-20)25-11-6-14-34(25)29(24)36(33-19)23-9-3-2-4-10-23/h2-16,28H,17-18H2,1H3,(H,32,37)/t28-/m1/s1. The van der Waals surface area contributed by atoms with E-state index in [1.807, 2.05) is 95.5 Å². The van der Waals surface area contributed by atoms with Gasteiger partial charge in [-0.15, -0.1) is 0 Å². The number of urea groups is 1. The number of hydrogen-bond acceptors (Lipinski definition) is 4. The summed E-state index contributed by atoms with van der Waals surface area (Å²) in [7, 11) is 0. The van der Waals surface area contributed by atoms with E-state index in [1.165, 1.54) is 0 Å². The van der Waals surface area contributed by atoms with Crippen LogP contribution in [0.1, 0.15) is 28.6 Å². The maximum absolute atomic E-state index is 14.1. The van der Waals surface area contributed by atoms with Crippen molar-refractivity contribution in [2.24, 2.45) is 0 Å². The van der Waals surface area contributed by atoms with Crippen molar-refractivity contribution in [1.82, 2.24) is 19.2 Å². The number of aromatic nitrogens is 3. The number of fused-ring (bicyclic) bond motifs is 4. The van der Waals surface area contributed by atoms with Gasteiger partial charge < -0.3 is 24.3 Å². The van der Waals surface area contributed by atoms with Gasteiger partial charge in [-0.1, -0.05) is 41.9 Å². The van der Waals surface area contributed by atoms with Gasteiger partial charge in [-0.05, 0) is 61.0 Å². The molecule has 194 valence electrons. The van der Waals surface area contributed by atoms with Gasteiger partial charge in [-0.3, -0.25) is 0 Å². The molecule has 5 aromatic rings. The van der Waals surface area contributed by atoms with E-state index < -0.39 is 6.04 Å². The second kappa shape index (κ2) is 9.25. The fourth-order valence-electron chi connectivity index (χ4n) is 5.35. The van der Waals surface area contributed by atoms with Crippen LogP contribution in [0.4, 0.5) is 10.5 Å². The van der Waals surface area contributed by atoms with Crippen molar-refractivity contribution in [3.05, 3.63) is 119 Å². The minimum absolute atomic E-state index is 0.167. The van der Waals surface area contributed by atoms with Crippen molar-refractivity contribution >= 4 is 23.3 Å². The Morgan fingerprint density at radius 2 is 1.82 bits per heavy atom. The molecule has 8 nitrogen and oxygen atoms in total. The highest BCUT2D eigenvalue weighted by Crippen LogP contribution is 2.40. The summed E-state index contributed by atoms with van der Waals surface area (Å²) in [5, 5.41) is 8.58. The van der Waals surface area contributed by atoms with Crippen LogP contribution in [0, 0.1) is 6.92 Å². The maximum Gasteiger partial charge on any atom is 0.322 e. The van der Waals surface area contributed by atoms with Crippen LogP contribution in [-0.4, -0.2) is 32.1 Å². The molecule has 2 aliphatic heterocycles. The number of carbonyl (C=O) groups is 1. The van der Waals surface area contributed by atoms with Gasteiger partial charge >= 0.3 is 6.03 Å². The Labute approximate surface area is 230 Å². The molecular formula is C30H24ClN5O3. The molecule has 4 heterocycles. The number of carbonyl (C=O) groups excluding carboxylic acids is 1. The zero-order valence-electron chi connectivity index (χ0n) is 21.0. The molecule has 2 aromatic heterocycles. The normalized spacial score (nSPS) is 15.4. The Kier molecular flexibility index (Phi) is 5.56. The topological polar surface area (TPSA) is 73.6 Å². The van der Waals surface area contributed by atoms with Crippen molar-refractivity contribution in [2.45, 2.75) is 19.5 Å². The van der Waals surface area contributed by atoms with Gasteiger partial charge in [-0.25, -0.2) is 9.48 Å². The number of ether oxygens (including phenoxy) is 2. The second-order valence-corrected chi connectivity index (χ2v) is 9.96. The molecule has 1 atom stereocenters. The number of hydrogen-bond donors (Lipinski definition) is 1. The molecule has 0 unspecified atom stereocenters. The Morgan fingerprint density at radius 3 is 2.67 bits per heavy atom. The van der Waals surface area contributed by atoms with Crippen molar-refractivity contribution in [3.8, 4) is 23.0 Å². The third-order valence-electron chi connectivity index (χ3n) is 7.14. The number of para-hydroxylation sites is 1. The molecule has 0 bridgehead atoms. The molecule has 2 amide bonds. The molecule has 0 saturated carbocycles. The van der Waals surface area contributed by atoms with Crippen molar-refractivity contribution in [3.63, 3.8) is 0 Å². The number of benzene rings is 3. The molecule has 0 saturated heterocycles. The van der Waals surface area contributed by atoms with E-state index in [0.29, 0.717) is 28.8 Å². The zero-order valence-corrected chi connectivity index (χ0v) is 21.8. The second-order valence-electron chi connectivity index (χ2n) is 9.52. The number of rotatable bonds is 3. The quantitative estimate of drug-likeness (QED) is 0.285. The number of nitrogens with one attached hydrogen (secondary N) is 1. The molecule has 3 aromatic carbocycles. The fraction of sp³-hybridized carbons (Fsp3) is 0.133. The highest BCUT2D eigenvalue weighted by molar-refractivity contribution is 6.30. The fourth-order valence-corrected chi connectivity index (χ4v) is 5.55. The summed E-state index contributed by atoms with van der Waals surface area (Å²) in [5.74, 6) is 2.17. The van der Waals surface area contributed by atoms with Gasteiger partial charge in [0.15, 0.2) is 11.5 Å². The highest BCUT2D eigenvalue weighted by atomic mass is 35.5. The molecule has 7 rings (SSSR count). The van der Waals surface area contributed by atoms with Gasteiger partial charge in [0.1, 0.15) is 5.82 Å². The molecule has 1 N–H and O–H groups in total. The van der Waals surface area contributed by atoms with E-state index in [2.05, 4.69) is 9.88 Å². The lowest BCUT2D eigenvalue weighted by Gasteiger charge is -2.31. The van der Waals surface area contributed by atoms with Gasteiger partial charge in [0, 0.05) is 28.5 Å². The Balaban J connectivity index is 1.38. The highest BCUT2D eigenvalue weighted by Gasteiger charge is 2.36. The van der Waals surface area contributed by atoms with E-state index in [0.717, 1.165) is 34.0 Å². The predicted octanol–water partition coefficient (Wildman–Crippen LogP) is 6.49. The van der Waals surface area contributed by atoms with Crippen LogP contribution < -0.4 is 14.8 Å². The summed E-state index contributed by atoms with van der Waals surface area (Å²) in [5.41, 5.74) is 5.20. The first-order valence-corrected chi connectivity index (χ1v) is 13.0. The number of anilines is 1. The molecule has 0 spiro atoms. The molecule has 39 heavy (non-hydrogen) atoms. The Morgan fingerprint density at radius 1 is 0.974 bits per heavy atom. The lowest BCUT2D eigenvalue weighted by atomic mass is 10.0. The van der Waals surface area contributed by atoms with E-state index >= 15 is 0 Å². The first kappa shape index (κ1) is 23.4. The largest absolute Gasteiger partial charge is 0.454 e.